The molecular formula is C15H19NO2. The second kappa shape index (κ2) is 4.75. The second-order valence-electron chi connectivity index (χ2n) is 5.17. The number of fused-ring (bicyclic) bond motifs is 1. The average molecular weight is 245 g/mol. The molecule has 18 heavy (non-hydrogen) atoms. The highest BCUT2D eigenvalue weighted by Gasteiger charge is 2.24. The van der Waals surface area contributed by atoms with Crippen LogP contribution in [0.2, 0.25) is 0 Å². The molecule has 1 aromatic heterocycles. The number of furan rings is 1. The van der Waals surface area contributed by atoms with E-state index in [0.717, 1.165) is 29.7 Å². The average Bonchev–Trinajstić information content (AvgIpc) is 2.70. The van der Waals surface area contributed by atoms with Gasteiger partial charge < -0.3 is 14.5 Å². The van der Waals surface area contributed by atoms with Crippen LogP contribution in [0.5, 0.6) is 0 Å². The van der Waals surface area contributed by atoms with E-state index in [4.69, 9.17) is 9.15 Å². The number of nitrogens with one attached hydrogen (secondary N) is 1. The van der Waals surface area contributed by atoms with Crippen molar-refractivity contribution < 1.29 is 9.15 Å². The number of hydrogen-bond acceptors (Lipinski definition) is 3. The molecule has 2 aromatic rings. The van der Waals surface area contributed by atoms with Gasteiger partial charge in [-0.05, 0) is 32.4 Å². The fourth-order valence-corrected chi connectivity index (χ4v) is 2.60. The third-order valence-corrected chi connectivity index (χ3v) is 3.50. The van der Waals surface area contributed by atoms with Gasteiger partial charge in [0.25, 0.3) is 0 Å². The number of hydrogen-bond donors (Lipinski definition) is 1. The Hall–Kier alpha value is -1.32. The zero-order valence-corrected chi connectivity index (χ0v) is 10.8. The van der Waals surface area contributed by atoms with E-state index < -0.39 is 0 Å². The predicted molar refractivity (Wildman–Crippen MR) is 71.6 cm³/mol. The number of benzene rings is 1. The smallest absolute Gasteiger partial charge is 0.135 e. The van der Waals surface area contributed by atoms with Gasteiger partial charge in [-0.25, -0.2) is 0 Å². The Morgan fingerprint density at radius 2 is 2.06 bits per heavy atom. The zero-order valence-electron chi connectivity index (χ0n) is 10.8. The van der Waals surface area contributed by atoms with Gasteiger partial charge >= 0.3 is 0 Å². The number of para-hydroxylation sites is 1. The Morgan fingerprint density at radius 3 is 2.89 bits per heavy atom. The molecule has 1 fully saturated rings. The van der Waals surface area contributed by atoms with Crippen molar-refractivity contribution >= 4 is 11.0 Å². The molecule has 0 radical (unpaired) electrons. The lowest BCUT2D eigenvalue weighted by Gasteiger charge is -2.16. The highest BCUT2D eigenvalue weighted by molar-refractivity contribution is 5.77. The summed E-state index contributed by atoms with van der Waals surface area (Å²) in [7, 11) is 0. The topological polar surface area (TPSA) is 34.4 Å². The summed E-state index contributed by atoms with van der Waals surface area (Å²) in [5, 5.41) is 4.62. The second-order valence-corrected chi connectivity index (χ2v) is 5.17. The van der Waals surface area contributed by atoms with Gasteiger partial charge in [-0.15, -0.1) is 0 Å². The molecule has 3 rings (SSSR count). The van der Waals surface area contributed by atoms with Crippen LogP contribution in [0.1, 0.15) is 32.1 Å². The molecule has 0 spiro atoms. The molecule has 0 saturated carbocycles. The first kappa shape index (κ1) is 11.8. The van der Waals surface area contributed by atoms with E-state index in [1.165, 1.54) is 0 Å². The minimum Gasteiger partial charge on any atom is -0.458 e. The molecule has 3 atom stereocenters. The van der Waals surface area contributed by atoms with E-state index in [9.17, 15) is 0 Å². The Balaban J connectivity index is 1.88. The van der Waals surface area contributed by atoms with Crippen molar-refractivity contribution in [3.05, 3.63) is 36.1 Å². The standard InChI is InChI=1S/C15H19NO2/c1-10-7-11(2)17-15(9-16-10)14-8-12-5-3-4-6-13(12)18-14/h3-6,8,10-11,15-16H,7,9H2,1-2H3. The summed E-state index contributed by atoms with van der Waals surface area (Å²) in [5.74, 6) is 0.921. The van der Waals surface area contributed by atoms with E-state index in [1.54, 1.807) is 0 Å². The van der Waals surface area contributed by atoms with Crippen LogP contribution in [0.15, 0.2) is 34.7 Å². The molecule has 3 heteroatoms. The quantitative estimate of drug-likeness (QED) is 0.837. The van der Waals surface area contributed by atoms with Crippen molar-refractivity contribution in [1.29, 1.82) is 0 Å². The molecule has 1 N–H and O–H groups in total. The lowest BCUT2D eigenvalue weighted by atomic mass is 10.2. The van der Waals surface area contributed by atoms with E-state index in [0.29, 0.717) is 6.04 Å². The van der Waals surface area contributed by atoms with Crippen molar-refractivity contribution in [3.8, 4) is 0 Å². The molecule has 1 saturated heterocycles. The third kappa shape index (κ3) is 2.28. The fourth-order valence-electron chi connectivity index (χ4n) is 2.60. The summed E-state index contributed by atoms with van der Waals surface area (Å²) in [4.78, 5) is 0. The van der Waals surface area contributed by atoms with Gasteiger partial charge in [0, 0.05) is 18.0 Å². The van der Waals surface area contributed by atoms with Gasteiger partial charge in [-0.1, -0.05) is 18.2 Å². The molecule has 0 amide bonds. The molecule has 0 bridgehead atoms. The van der Waals surface area contributed by atoms with Crippen molar-refractivity contribution in [2.75, 3.05) is 6.54 Å². The lowest BCUT2D eigenvalue weighted by molar-refractivity contribution is -0.00335. The molecule has 1 aliphatic heterocycles. The summed E-state index contributed by atoms with van der Waals surface area (Å²) in [5.41, 5.74) is 0.932. The van der Waals surface area contributed by atoms with Gasteiger partial charge in [0.15, 0.2) is 0 Å². The summed E-state index contributed by atoms with van der Waals surface area (Å²) < 4.78 is 11.9. The van der Waals surface area contributed by atoms with E-state index in [1.807, 2.05) is 18.2 Å². The molecule has 1 aliphatic rings. The van der Waals surface area contributed by atoms with Crippen molar-refractivity contribution in [2.45, 2.75) is 38.5 Å². The molecule has 1 aromatic carbocycles. The van der Waals surface area contributed by atoms with Crippen LogP contribution in [-0.4, -0.2) is 18.7 Å². The minimum atomic E-state index is 0.0114. The summed E-state index contributed by atoms with van der Waals surface area (Å²) >= 11 is 0. The summed E-state index contributed by atoms with van der Waals surface area (Å²) in [6.07, 6.45) is 1.31. The molecule has 0 aliphatic carbocycles. The number of rotatable bonds is 1. The van der Waals surface area contributed by atoms with Crippen molar-refractivity contribution in [1.82, 2.24) is 5.32 Å². The van der Waals surface area contributed by atoms with Gasteiger partial charge in [0.2, 0.25) is 0 Å². The predicted octanol–water partition coefficient (Wildman–Crippen LogP) is 3.26. The van der Waals surface area contributed by atoms with E-state index in [2.05, 4.69) is 31.3 Å². The van der Waals surface area contributed by atoms with E-state index >= 15 is 0 Å². The molecule has 3 unspecified atom stereocenters. The van der Waals surface area contributed by atoms with Crippen molar-refractivity contribution in [3.63, 3.8) is 0 Å². The zero-order chi connectivity index (χ0) is 12.5. The Kier molecular flexibility index (Phi) is 3.10. The first-order valence-electron chi connectivity index (χ1n) is 6.59. The van der Waals surface area contributed by atoms with Gasteiger partial charge in [0.05, 0.1) is 6.10 Å². The van der Waals surface area contributed by atoms with Gasteiger partial charge in [0.1, 0.15) is 17.4 Å². The van der Waals surface area contributed by atoms with Crippen LogP contribution in [0, 0.1) is 0 Å². The monoisotopic (exact) mass is 245 g/mol. The van der Waals surface area contributed by atoms with Crippen LogP contribution in [-0.2, 0) is 4.74 Å². The Morgan fingerprint density at radius 1 is 1.22 bits per heavy atom. The first-order valence-corrected chi connectivity index (χ1v) is 6.59. The third-order valence-electron chi connectivity index (χ3n) is 3.50. The van der Waals surface area contributed by atoms with Crippen molar-refractivity contribution in [2.24, 2.45) is 0 Å². The van der Waals surface area contributed by atoms with Crippen LogP contribution in [0.3, 0.4) is 0 Å². The molecule has 3 nitrogen and oxygen atoms in total. The maximum atomic E-state index is 6.04. The summed E-state index contributed by atoms with van der Waals surface area (Å²) in [6, 6.07) is 10.7. The van der Waals surface area contributed by atoms with Gasteiger partial charge in [-0.2, -0.15) is 0 Å². The van der Waals surface area contributed by atoms with Crippen LogP contribution >= 0.6 is 0 Å². The Bertz CT molecular complexity index is 501. The molecule has 2 heterocycles. The Labute approximate surface area is 107 Å². The largest absolute Gasteiger partial charge is 0.458 e. The minimum absolute atomic E-state index is 0.0114. The maximum absolute atomic E-state index is 6.04. The highest BCUT2D eigenvalue weighted by atomic mass is 16.5. The van der Waals surface area contributed by atoms with Crippen LogP contribution in [0.4, 0.5) is 0 Å². The summed E-state index contributed by atoms with van der Waals surface area (Å²) in [6.45, 7) is 5.13. The van der Waals surface area contributed by atoms with Crippen LogP contribution < -0.4 is 5.32 Å². The molecular weight excluding hydrogens is 226 g/mol. The first-order chi connectivity index (χ1) is 8.72. The SMILES string of the molecule is CC1CC(C)OC(c2cc3ccccc3o2)CN1. The lowest BCUT2D eigenvalue weighted by Crippen LogP contribution is -2.27. The van der Waals surface area contributed by atoms with E-state index in [-0.39, 0.29) is 12.2 Å². The maximum Gasteiger partial charge on any atom is 0.135 e. The van der Waals surface area contributed by atoms with Gasteiger partial charge in [-0.3, -0.25) is 0 Å². The fraction of sp³-hybridized carbons (Fsp3) is 0.467. The van der Waals surface area contributed by atoms with Crippen LogP contribution in [0.25, 0.3) is 11.0 Å². The molecule has 96 valence electrons. The normalized spacial score (nSPS) is 29.3. The highest BCUT2D eigenvalue weighted by Crippen LogP contribution is 2.28. The number of ether oxygens (including phenoxy) is 1.